The zero-order valence-corrected chi connectivity index (χ0v) is 27.0. The molecule has 0 fully saturated rings. The number of aromatic amines is 1. The number of pyridine rings is 1. The van der Waals surface area contributed by atoms with E-state index < -0.39 is 15.6 Å². The summed E-state index contributed by atoms with van der Waals surface area (Å²) in [6, 6.07) is 6.31. The number of rotatable bonds is 20. The second-order valence-corrected chi connectivity index (χ2v) is 12.6. The van der Waals surface area contributed by atoms with Crippen molar-refractivity contribution in [1.29, 1.82) is 0 Å². The van der Waals surface area contributed by atoms with Crippen LogP contribution in [0.1, 0.15) is 91.5 Å². The number of ether oxygens (including phenoxy) is 2. The number of benzene rings is 1. The monoisotopic (exact) mass is 606 g/mol. The van der Waals surface area contributed by atoms with Crippen LogP contribution in [0.4, 0.5) is 11.4 Å². The first kappa shape index (κ1) is 35.4. The van der Waals surface area contributed by atoms with Gasteiger partial charge < -0.3 is 14.6 Å². The molecular formula is C31H50N4O6S. The van der Waals surface area contributed by atoms with E-state index in [1.807, 2.05) is 0 Å². The third-order valence-electron chi connectivity index (χ3n) is 7.61. The molecule has 0 aliphatic carbocycles. The third-order valence-corrected chi connectivity index (χ3v) is 9.44. The van der Waals surface area contributed by atoms with Gasteiger partial charge in [-0.15, -0.1) is 5.11 Å². The van der Waals surface area contributed by atoms with Crippen LogP contribution in [0.2, 0.25) is 0 Å². The van der Waals surface area contributed by atoms with Crippen LogP contribution in [0.5, 0.6) is 11.6 Å². The maximum Gasteiger partial charge on any atom is 0.282 e. The number of azo groups is 1. The molecule has 2 N–H and O–H groups in total. The molecule has 2 rings (SSSR count). The van der Waals surface area contributed by atoms with Crippen LogP contribution in [-0.2, 0) is 21.4 Å². The molecule has 0 radical (unpaired) electrons. The number of aromatic hydroxyl groups is 1. The van der Waals surface area contributed by atoms with Crippen molar-refractivity contribution in [1.82, 2.24) is 9.29 Å². The molecule has 2 unspecified atom stereocenters. The van der Waals surface area contributed by atoms with Crippen LogP contribution in [0.25, 0.3) is 0 Å². The number of H-pyrrole nitrogens is 1. The average Bonchev–Trinajstić information content (AvgIpc) is 2.99. The molecule has 1 heterocycles. The lowest BCUT2D eigenvalue weighted by Gasteiger charge is -2.30. The number of hydrogen-bond donors (Lipinski definition) is 2. The zero-order valence-electron chi connectivity index (χ0n) is 26.2. The van der Waals surface area contributed by atoms with Gasteiger partial charge in [-0.05, 0) is 49.8 Å². The predicted octanol–water partition coefficient (Wildman–Crippen LogP) is 7.46. The Morgan fingerprint density at radius 1 is 0.976 bits per heavy atom. The van der Waals surface area contributed by atoms with Crippen molar-refractivity contribution < 1.29 is 23.0 Å². The number of methoxy groups -OCH3 is 1. The van der Waals surface area contributed by atoms with Gasteiger partial charge in [0.2, 0.25) is 15.9 Å². The van der Waals surface area contributed by atoms with E-state index in [0.29, 0.717) is 19.7 Å². The van der Waals surface area contributed by atoms with Crippen molar-refractivity contribution in [3.8, 4) is 11.6 Å². The molecule has 2 aromatic rings. The Balaban J connectivity index is 2.47. The maximum absolute atomic E-state index is 14.1. The molecule has 42 heavy (non-hydrogen) atoms. The van der Waals surface area contributed by atoms with Crippen molar-refractivity contribution in [2.24, 2.45) is 22.1 Å². The normalized spacial score (nSPS) is 13.6. The topological polar surface area (TPSA) is 134 Å². The molecule has 0 aliphatic rings. The molecule has 1 aromatic carbocycles. The highest BCUT2D eigenvalue weighted by molar-refractivity contribution is 7.89. The van der Waals surface area contributed by atoms with Crippen molar-refractivity contribution >= 4 is 21.4 Å². The molecule has 0 aliphatic heterocycles. The lowest BCUT2D eigenvalue weighted by molar-refractivity contribution is 0.129. The Morgan fingerprint density at radius 3 is 2.12 bits per heavy atom. The first-order valence-corrected chi connectivity index (χ1v) is 16.7. The smallest absolute Gasteiger partial charge is 0.282 e. The van der Waals surface area contributed by atoms with Crippen LogP contribution in [0, 0.1) is 11.8 Å². The van der Waals surface area contributed by atoms with E-state index >= 15 is 0 Å². The van der Waals surface area contributed by atoms with E-state index in [0.717, 1.165) is 51.4 Å². The summed E-state index contributed by atoms with van der Waals surface area (Å²) in [5, 5.41) is 18.5. The summed E-state index contributed by atoms with van der Waals surface area (Å²) in [4.78, 5) is 15.1. The van der Waals surface area contributed by atoms with Crippen LogP contribution in [-0.4, -0.2) is 49.6 Å². The predicted molar refractivity (Wildman–Crippen MR) is 167 cm³/mol. The van der Waals surface area contributed by atoms with E-state index in [2.05, 4.69) is 42.9 Å². The van der Waals surface area contributed by atoms with E-state index in [1.165, 1.54) is 13.2 Å². The number of sulfonamides is 1. The Morgan fingerprint density at radius 2 is 1.60 bits per heavy atom. The first-order valence-electron chi connectivity index (χ1n) is 15.3. The second kappa shape index (κ2) is 18.0. The quantitative estimate of drug-likeness (QED) is 0.150. The van der Waals surface area contributed by atoms with E-state index in [-0.39, 0.29) is 51.9 Å². The van der Waals surface area contributed by atoms with Gasteiger partial charge in [0.25, 0.3) is 5.56 Å². The molecule has 11 heteroatoms. The average molecular weight is 607 g/mol. The van der Waals surface area contributed by atoms with Gasteiger partial charge in [-0.1, -0.05) is 72.3 Å². The van der Waals surface area contributed by atoms with Gasteiger partial charge in [0, 0.05) is 19.7 Å². The summed E-state index contributed by atoms with van der Waals surface area (Å²) in [5.74, 6) is 0.238. The largest absolute Gasteiger partial charge is 0.494 e. The van der Waals surface area contributed by atoms with Crippen LogP contribution in [0.3, 0.4) is 0 Å². The molecule has 2 atom stereocenters. The van der Waals surface area contributed by atoms with Crippen molar-refractivity contribution in [3.05, 3.63) is 40.2 Å². The van der Waals surface area contributed by atoms with Gasteiger partial charge in [-0.2, -0.15) is 9.42 Å². The lowest BCUT2D eigenvalue weighted by atomic mass is 9.97. The summed E-state index contributed by atoms with van der Waals surface area (Å²) in [5.41, 5.74) is -0.336. The summed E-state index contributed by atoms with van der Waals surface area (Å²) in [7, 11) is -2.46. The summed E-state index contributed by atoms with van der Waals surface area (Å²) in [6.45, 7) is 11.7. The number of nitrogens with zero attached hydrogens (tertiary/aromatic N) is 3. The molecule has 236 valence electrons. The molecule has 0 bridgehead atoms. The Kier molecular flexibility index (Phi) is 15.2. The van der Waals surface area contributed by atoms with Gasteiger partial charge in [-0.25, -0.2) is 8.42 Å². The van der Waals surface area contributed by atoms with Crippen LogP contribution in [0.15, 0.2) is 44.2 Å². The molecule has 1 aromatic heterocycles. The minimum Gasteiger partial charge on any atom is -0.494 e. The number of nitrogens with one attached hydrogen (secondary N) is 1. The van der Waals surface area contributed by atoms with E-state index in [1.54, 1.807) is 29.4 Å². The standard InChI is InChI=1S/C31H50N4O6S/c1-7-12-15-23(9-3)20-35(21-24(10-4)16-13-8-2)42(38,39)26-18-14-17-25(19-26)33-34-28-29(40-6)27(22-41-11-5)30(36)32-31(28)37/h14,17-19,23-24H,7-13,15-16,20-22H2,1-6H3,(H2,32,36,37). The fourth-order valence-electron chi connectivity index (χ4n) is 4.89. The third kappa shape index (κ3) is 9.91. The number of unbranched alkanes of at least 4 members (excludes halogenated alkanes) is 2. The van der Waals surface area contributed by atoms with E-state index in [4.69, 9.17) is 9.47 Å². The molecular weight excluding hydrogens is 556 g/mol. The summed E-state index contributed by atoms with van der Waals surface area (Å²) in [6.07, 6.45) is 8.11. The summed E-state index contributed by atoms with van der Waals surface area (Å²) >= 11 is 0. The lowest BCUT2D eigenvalue weighted by Crippen LogP contribution is -2.39. The van der Waals surface area contributed by atoms with Crippen molar-refractivity contribution in [2.45, 2.75) is 97.5 Å². The minimum atomic E-state index is -3.82. The molecule has 0 saturated carbocycles. The van der Waals surface area contributed by atoms with Crippen molar-refractivity contribution in [2.75, 3.05) is 26.8 Å². The Labute approximate surface area is 251 Å². The van der Waals surface area contributed by atoms with Gasteiger partial charge in [0.1, 0.15) is 0 Å². The van der Waals surface area contributed by atoms with Gasteiger partial charge in [-0.3, -0.25) is 9.78 Å². The van der Waals surface area contributed by atoms with Gasteiger partial charge in [0.05, 0.1) is 29.9 Å². The molecule has 10 nitrogen and oxygen atoms in total. The second-order valence-electron chi connectivity index (χ2n) is 10.7. The highest BCUT2D eigenvalue weighted by Gasteiger charge is 2.29. The highest BCUT2D eigenvalue weighted by Crippen LogP contribution is 2.34. The highest BCUT2D eigenvalue weighted by atomic mass is 32.2. The van der Waals surface area contributed by atoms with E-state index in [9.17, 15) is 18.3 Å². The molecule has 0 amide bonds. The minimum absolute atomic E-state index is 0.00237. The first-order chi connectivity index (χ1) is 20.2. The zero-order chi connectivity index (χ0) is 31.1. The fraction of sp³-hybridized carbons (Fsp3) is 0.645. The summed E-state index contributed by atoms with van der Waals surface area (Å²) < 4.78 is 40.6. The molecule has 0 spiro atoms. The van der Waals surface area contributed by atoms with Crippen LogP contribution < -0.4 is 10.3 Å². The number of hydrogen-bond acceptors (Lipinski definition) is 8. The van der Waals surface area contributed by atoms with Crippen molar-refractivity contribution in [3.63, 3.8) is 0 Å². The van der Waals surface area contributed by atoms with Gasteiger partial charge >= 0.3 is 0 Å². The van der Waals surface area contributed by atoms with Gasteiger partial charge in [0.15, 0.2) is 11.4 Å². The fourth-order valence-corrected chi connectivity index (χ4v) is 6.52. The maximum atomic E-state index is 14.1. The SMILES string of the molecule is CCCCC(CC)CN(CC(CC)CCCC)S(=O)(=O)c1cccc(N=Nc2c(OC)c(COCC)c(O)[nH]c2=O)c1. The number of aromatic nitrogens is 1. The Bertz CT molecular complexity index is 1280. The molecule has 0 saturated heterocycles. The van der Waals surface area contributed by atoms with Crippen LogP contribution >= 0.6 is 0 Å². The Hall–Kier alpha value is -2.76.